The zero-order valence-corrected chi connectivity index (χ0v) is 15.3. The first-order valence-corrected chi connectivity index (χ1v) is 9.62. The Bertz CT molecular complexity index is 837. The molecule has 1 N–H and O–H groups in total. The SMILES string of the molecule is Cc1nn(C)c(C)c1CCC(=O)NCc1ccc(S(C)(=O)=O)cc1. The average Bonchev–Trinajstić information content (AvgIpc) is 2.75. The van der Waals surface area contributed by atoms with Gasteiger partial charge in [-0.3, -0.25) is 9.48 Å². The monoisotopic (exact) mass is 349 g/mol. The number of nitrogens with zero attached hydrogens (tertiary/aromatic N) is 2. The number of aryl methyl sites for hydroxylation is 2. The van der Waals surface area contributed by atoms with E-state index in [0.717, 1.165) is 22.5 Å². The van der Waals surface area contributed by atoms with Crippen LogP contribution in [0.1, 0.15) is 28.9 Å². The topological polar surface area (TPSA) is 81.1 Å². The predicted molar refractivity (Wildman–Crippen MR) is 92.4 cm³/mol. The maximum absolute atomic E-state index is 12.0. The molecule has 1 aromatic heterocycles. The fraction of sp³-hybridized carbons (Fsp3) is 0.412. The number of amides is 1. The summed E-state index contributed by atoms with van der Waals surface area (Å²) >= 11 is 0. The van der Waals surface area contributed by atoms with Gasteiger partial charge < -0.3 is 5.32 Å². The Morgan fingerprint density at radius 1 is 1.21 bits per heavy atom. The van der Waals surface area contributed by atoms with Crippen LogP contribution in [-0.4, -0.2) is 30.4 Å². The van der Waals surface area contributed by atoms with Crippen LogP contribution in [0.2, 0.25) is 0 Å². The molecule has 0 saturated heterocycles. The second-order valence-corrected chi connectivity index (χ2v) is 7.98. The van der Waals surface area contributed by atoms with Crippen LogP contribution >= 0.6 is 0 Å². The van der Waals surface area contributed by atoms with Gasteiger partial charge in [0.05, 0.1) is 10.6 Å². The summed E-state index contributed by atoms with van der Waals surface area (Å²) in [4.78, 5) is 12.3. The van der Waals surface area contributed by atoms with Crippen molar-refractivity contribution in [2.24, 2.45) is 7.05 Å². The predicted octanol–water partition coefficient (Wildman–Crippen LogP) is 1.69. The van der Waals surface area contributed by atoms with Crippen molar-refractivity contribution < 1.29 is 13.2 Å². The Labute approximate surface area is 142 Å². The summed E-state index contributed by atoms with van der Waals surface area (Å²) in [5.41, 5.74) is 4.02. The van der Waals surface area contributed by atoms with Gasteiger partial charge in [0.1, 0.15) is 0 Å². The normalized spacial score (nSPS) is 11.5. The van der Waals surface area contributed by atoms with Crippen LogP contribution in [0.15, 0.2) is 29.2 Å². The van der Waals surface area contributed by atoms with Crippen LogP contribution in [0.5, 0.6) is 0 Å². The molecular formula is C17H23N3O3S. The molecule has 0 unspecified atom stereocenters. The Balaban J connectivity index is 1.87. The molecule has 0 aliphatic heterocycles. The number of carbonyl (C=O) groups excluding carboxylic acids is 1. The highest BCUT2D eigenvalue weighted by molar-refractivity contribution is 7.90. The molecule has 6 nitrogen and oxygen atoms in total. The van der Waals surface area contributed by atoms with E-state index >= 15 is 0 Å². The van der Waals surface area contributed by atoms with E-state index in [-0.39, 0.29) is 10.8 Å². The largest absolute Gasteiger partial charge is 0.352 e. The first-order chi connectivity index (χ1) is 11.2. The quantitative estimate of drug-likeness (QED) is 0.860. The lowest BCUT2D eigenvalue weighted by molar-refractivity contribution is -0.121. The third-order valence-electron chi connectivity index (χ3n) is 4.10. The Kier molecular flexibility index (Phi) is 5.43. The maximum Gasteiger partial charge on any atom is 0.220 e. The first kappa shape index (κ1) is 18.2. The lowest BCUT2D eigenvalue weighted by Crippen LogP contribution is -2.23. The highest BCUT2D eigenvalue weighted by Gasteiger charge is 2.11. The van der Waals surface area contributed by atoms with Crippen LogP contribution in [0.4, 0.5) is 0 Å². The van der Waals surface area contributed by atoms with Crippen LogP contribution in [-0.2, 0) is 34.6 Å². The molecule has 7 heteroatoms. The molecule has 0 radical (unpaired) electrons. The van der Waals surface area contributed by atoms with E-state index in [1.807, 2.05) is 25.6 Å². The molecule has 0 fully saturated rings. The minimum atomic E-state index is -3.19. The molecule has 0 aliphatic rings. The number of aromatic nitrogens is 2. The number of nitrogens with one attached hydrogen (secondary N) is 1. The molecule has 0 saturated carbocycles. The van der Waals surface area contributed by atoms with Crippen molar-refractivity contribution in [3.63, 3.8) is 0 Å². The van der Waals surface area contributed by atoms with Crippen molar-refractivity contribution in [3.05, 3.63) is 46.8 Å². The van der Waals surface area contributed by atoms with Gasteiger partial charge >= 0.3 is 0 Å². The molecular weight excluding hydrogens is 326 g/mol. The summed E-state index contributed by atoms with van der Waals surface area (Å²) in [5, 5.41) is 7.20. The number of benzene rings is 1. The number of carbonyl (C=O) groups is 1. The summed E-state index contributed by atoms with van der Waals surface area (Å²) in [5.74, 6) is -0.0372. The number of rotatable bonds is 6. The molecule has 0 spiro atoms. The molecule has 24 heavy (non-hydrogen) atoms. The van der Waals surface area contributed by atoms with E-state index in [9.17, 15) is 13.2 Å². The van der Waals surface area contributed by atoms with Gasteiger partial charge in [-0.1, -0.05) is 12.1 Å². The number of sulfone groups is 1. The van der Waals surface area contributed by atoms with Crippen LogP contribution in [0.25, 0.3) is 0 Å². The maximum atomic E-state index is 12.0. The van der Waals surface area contributed by atoms with E-state index in [1.165, 1.54) is 6.26 Å². The molecule has 2 rings (SSSR count). The van der Waals surface area contributed by atoms with Crippen LogP contribution in [0.3, 0.4) is 0 Å². The van der Waals surface area contributed by atoms with Gasteiger partial charge in [0, 0.05) is 32.0 Å². The van der Waals surface area contributed by atoms with Crippen molar-refractivity contribution in [1.29, 1.82) is 0 Å². The van der Waals surface area contributed by atoms with E-state index in [4.69, 9.17) is 0 Å². The molecule has 0 atom stereocenters. The fourth-order valence-electron chi connectivity index (χ4n) is 2.56. The smallest absolute Gasteiger partial charge is 0.220 e. The highest BCUT2D eigenvalue weighted by Crippen LogP contribution is 2.14. The summed E-state index contributed by atoms with van der Waals surface area (Å²) in [7, 11) is -1.30. The summed E-state index contributed by atoms with van der Waals surface area (Å²) in [6, 6.07) is 6.54. The Morgan fingerprint density at radius 3 is 2.33 bits per heavy atom. The number of hydrogen-bond donors (Lipinski definition) is 1. The molecule has 0 aliphatic carbocycles. The fourth-order valence-corrected chi connectivity index (χ4v) is 3.19. The standard InChI is InChI=1S/C17H23N3O3S/c1-12-16(13(2)20(3)19-12)9-10-17(21)18-11-14-5-7-15(8-6-14)24(4,22)23/h5-8H,9-11H2,1-4H3,(H,18,21). The molecule has 0 bridgehead atoms. The van der Waals surface area contributed by atoms with Gasteiger partial charge in [-0.15, -0.1) is 0 Å². The zero-order chi connectivity index (χ0) is 17.9. The molecule has 1 aromatic carbocycles. The molecule has 1 amide bonds. The van der Waals surface area contributed by atoms with Crippen LogP contribution < -0.4 is 5.32 Å². The molecule has 1 heterocycles. The Hall–Kier alpha value is -2.15. The van der Waals surface area contributed by atoms with Gasteiger partial charge in [-0.25, -0.2) is 8.42 Å². The number of hydrogen-bond acceptors (Lipinski definition) is 4. The second kappa shape index (κ2) is 7.17. The van der Waals surface area contributed by atoms with Crippen molar-refractivity contribution in [2.45, 2.75) is 38.1 Å². The van der Waals surface area contributed by atoms with E-state index in [0.29, 0.717) is 19.4 Å². The Morgan fingerprint density at radius 2 is 1.83 bits per heavy atom. The van der Waals surface area contributed by atoms with Gasteiger partial charge in [0.15, 0.2) is 9.84 Å². The molecule has 2 aromatic rings. The second-order valence-electron chi connectivity index (χ2n) is 5.97. The lowest BCUT2D eigenvalue weighted by atomic mass is 10.1. The van der Waals surface area contributed by atoms with E-state index < -0.39 is 9.84 Å². The van der Waals surface area contributed by atoms with Gasteiger partial charge in [-0.2, -0.15) is 5.10 Å². The van der Waals surface area contributed by atoms with E-state index in [2.05, 4.69) is 10.4 Å². The van der Waals surface area contributed by atoms with Gasteiger partial charge in [0.2, 0.25) is 5.91 Å². The summed E-state index contributed by atoms with van der Waals surface area (Å²) in [6.07, 6.45) is 2.23. The highest BCUT2D eigenvalue weighted by atomic mass is 32.2. The van der Waals surface area contributed by atoms with Crippen molar-refractivity contribution in [3.8, 4) is 0 Å². The third-order valence-corrected chi connectivity index (χ3v) is 5.23. The van der Waals surface area contributed by atoms with Gasteiger partial charge in [-0.05, 0) is 43.5 Å². The summed E-state index contributed by atoms with van der Waals surface area (Å²) < 4.78 is 24.6. The average molecular weight is 349 g/mol. The molecule has 130 valence electrons. The van der Waals surface area contributed by atoms with Crippen molar-refractivity contribution >= 4 is 15.7 Å². The third kappa shape index (κ3) is 4.44. The minimum Gasteiger partial charge on any atom is -0.352 e. The summed E-state index contributed by atoms with van der Waals surface area (Å²) in [6.45, 7) is 4.33. The van der Waals surface area contributed by atoms with E-state index in [1.54, 1.807) is 24.3 Å². The van der Waals surface area contributed by atoms with Crippen molar-refractivity contribution in [1.82, 2.24) is 15.1 Å². The van der Waals surface area contributed by atoms with Gasteiger partial charge in [0.25, 0.3) is 0 Å². The lowest BCUT2D eigenvalue weighted by Gasteiger charge is -2.07. The first-order valence-electron chi connectivity index (χ1n) is 7.73. The minimum absolute atomic E-state index is 0.0372. The van der Waals surface area contributed by atoms with Crippen molar-refractivity contribution in [2.75, 3.05) is 6.26 Å². The van der Waals surface area contributed by atoms with Crippen LogP contribution in [0, 0.1) is 13.8 Å². The zero-order valence-electron chi connectivity index (χ0n) is 14.5.